The second kappa shape index (κ2) is 2.52. The third kappa shape index (κ3) is 1.12. The molecule has 2 aromatic rings. The van der Waals surface area contributed by atoms with E-state index in [9.17, 15) is 10.3 Å². The van der Waals surface area contributed by atoms with Crippen LogP contribution in [0, 0.1) is 5.21 Å². The van der Waals surface area contributed by atoms with Crippen LogP contribution in [0.4, 0.5) is 5.69 Å². The molecule has 1 aromatic carbocycles. The molecular formula is C9H8N2O2. The Kier molecular flexibility index (Phi) is 1.48. The lowest BCUT2D eigenvalue weighted by Crippen LogP contribution is -2.23. The van der Waals surface area contributed by atoms with E-state index >= 15 is 0 Å². The zero-order valence-corrected chi connectivity index (χ0v) is 6.77. The number of aromatic hydroxyl groups is 1. The molecule has 0 saturated heterocycles. The van der Waals surface area contributed by atoms with Gasteiger partial charge in [0, 0.05) is 17.1 Å². The van der Waals surface area contributed by atoms with Crippen molar-refractivity contribution in [1.29, 1.82) is 0 Å². The van der Waals surface area contributed by atoms with E-state index in [2.05, 4.69) is 0 Å². The van der Waals surface area contributed by atoms with E-state index in [0.717, 1.165) is 0 Å². The van der Waals surface area contributed by atoms with Crippen molar-refractivity contribution in [2.24, 2.45) is 0 Å². The summed E-state index contributed by atoms with van der Waals surface area (Å²) in [4.78, 5) is 0. The second-order valence-electron chi connectivity index (χ2n) is 2.81. The summed E-state index contributed by atoms with van der Waals surface area (Å²) in [5.74, 6) is 0.129. The molecule has 4 heteroatoms. The molecule has 13 heavy (non-hydrogen) atoms. The average Bonchev–Trinajstić information content (AvgIpc) is 2.12. The lowest BCUT2D eigenvalue weighted by Gasteiger charge is -2.03. The van der Waals surface area contributed by atoms with Gasteiger partial charge in [-0.3, -0.25) is 0 Å². The molecule has 3 N–H and O–H groups in total. The van der Waals surface area contributed by atoms with Crippen LogP contribution < -0.4 is 10.5 Å². The zero-order valence-electron chi connectivity index (χ0n) is 6.77. The third-order valence-corrected chi connectivity index (χ3v) is 1.94. The number of anilines is 1. The largest absolute Gasteiger partial charge is 0.619 e. The molecule has 1 heterocycles. The normalized spacial score (nSPS) is 10.5. The Morgan fingerprint density at radius 1 is 1.23 bits per heavy atom. The fourth-order valence-corrected chi connectivity index (χ4v) is 1.28. The molecule has 0 saturated carbocycles. The fraction of sp³-hybridized carbons (Fsp3) is 0. The molecule has 0 atom stereocenters. The first kappa shape index (κ1) is 7.67. The number of hydrogen-bond donors (Lipinski definition) is 2. The number of phenols is 1. The lowest BCUT2D eigenvalue weighted by molar-refractivity contribution is -0.603. The maximum absolute atomic E-state index is 10.9. The molecule has 4 nitrogen and oxygen atoms in total. The van der Waals surface area contributed by atoms with Gasteiger partial charge in [0.1, 0.15) is 5.75 Å². The standard InChI is InChI=1S/C9H8N2O2/c10-8-1-2-9(12)6-3-4-11(13)5-7(6)8/h1-5,12H,10H2. The van der Waals surface area contributed by atoms with Gasteiger partial charge in [0.05, 0.1) is 5.39 Å². The second-order valence-corrected chi connectivity index (χ2v) is 2.81. The van der Waals surface area contributed by atoms with Crippen LogP contribution >= 0.6 is 0 Å². The minimum absolute atomic E-state index is 0.129. The van der Waals surface area contributed by atoms with E-state index in [1.807, 2.05) is 0 Å². The van der Waals surface area contributed by atoms with Crippen molar-refractivity contribution in [3.8, 4) is 5.75 Å². The van der Waals surface area contributed by atoms with E-state index in [0.29, 0.717) is 21.2 Å². The molecule has 0 aliphatic rings. The van der Waals surface area contributed by atoms with Gasteiger partial charge in [0.25, 0.3) is 0 Å². The monoisotopic (exact) mass is 176 g/mol. The van der Waals surface area contributed by atoms with Gasteiger partial charge in [-0.15, -0.1) is 0 Å². The van der Waals surface area contributed by atoms with Gasteiger partial charge in [-0.25, -0.2) is 0 Å². The summed E-state index contributed by atoms with van der Waals surface area (Å²) in [5, 5.41) is 21.5. The van der Waals surface area contributed by atoms with Crippen molar-refractivity contribution >= 4 is 16.5 Å². The lowest BCUT2D eigenvalue weighted by atomic mass is 10.1. The molecule has 0 bridgehead atoms. The number of fused-ring (bicyclic) bond motifs is 1. The van der Waals surface area contributed by atoms with Crippen LogP contribution in [0.3, 0.4) is 0 Å². The maximum Gasteiger partial charge on any atom is 0.190 e. The van der Waals surface area contributed by atoms with Gasteiger partial charge in [-0.1, -0.05) is 0 Å². The molecule has 0 fully saturated rings. The van der Waals surface area contributed by atoms with E-state index in [1.165, 1.54) is 24.5 Å². The Labute approximate surface area is 74.4 Å². The minimum Gasteiger partial charge on any atom is -0.619 e. The number of nitrogen functional groups attached to an aromatic ring is 1. The van der Waals surface area contributed by atoms with Gasteiger partial charge < -0.3 is 16.0 Å². The summed E-state index contributed by atoms with van der Waals surface area (Å²) in [6.45, 7) is 0. The molecule has 1 aromatic heterocycles. The first-order valence-electron chi connectivity index (χ1n) is 3.78. The van der Waals surface area contributed by atoms with Crippen LogP contribution in [0.1, 0.15) is 0 Å². The van der Waals surface area contributed by atoms with Crippen molar-refractivity contribution in [2.45, 2.75) is 0 Å². The number of nitrogens with zero attached hydrogens (tertiary/aromatic N) is 1. The maximum atomic E-state index is 10.9. The van der Waals surface area contributed by atoms with Crippen molar-refractivity contribution in [3.05, 3.63) is 35.8 Å². The quantitative estimate of drug-likeness (QED) is 0.269. The van der Waals surface area contributed by atoms with Crippen molar-refractivity contribution in [2.75, 3.05) is 5.73 Å². The van der Waals surface area contributed by atoms with E-state index in [4.69, 9.17) is 5.73 Å². The minimum atomic E-state index is 0.129. The highest BCUT2D eigenvalue weighted by Crippen LogP contribution is 2.27. The number of pyridine rings is 1. The molecular weight excluding hydrogens is 168 g/mol. The Balaban J connectivity index is 2.92. The van der Waals surface area contributed by atoms with Crippen LogP contribution in [-0.4, -0.2) is 5.11 Å². The van der Waals surface area contributed by atoms with Crippen LogP contribution in [0.25, 0.3) is 10.8 Å². The highest BCUT2D eigenvalue weighted by Gasteiger charge is 2.05. The van der Waals surface area contributed by atoms with Crippen LogP contribution in [0.2, 0.25) is 0 Å². The number of hydrogen-bond acceptors (Lipinski definition) is 3. The van der Waals surface area contributed by atoms with Gasteiger partial charge in [0.15, 0.2) is 12.4 Å². The third-order valence-electron chi connectivity index (χ3n) is 1.94. The van der Waals surface area contributed by atoms with Crippen LogP contribution in [0.5, 0.6) is 5.75 Å². The molecule has 0 spiro atoms. The van der Waals surface area contributed by atoms with Crippen molar-refractivity contribution in [3.63, 3.8) is 0 Å². The molecule has 0 unspecified atom stereocenters. The summed E-state index contributed by atoms with van der Waals surface area (Å²) in [7, 11) is 0. The van der Waals surface area contributed by atoms with E-state index in [-0.39, 0.29) is 5.75 Å². The van der Waals surface area contributed by atoms with Crippen molar-refractivity contribution < 1.29 is 9.84 Å². The average molecular weight is 176 g/mol. The number of aromatic nitrogens is 1. The first-order valence-corrected chi connectivity index (χ1v) is 3.78. The molecule has 2 rings (SSSR count). The topological polar surface area (TPSA) is 73.2 Å². The molecule has 0 amide bonds. The van der Waals surface area contributed by atoms with Gasteiger partial charge >= 0.3 is 0 Å². The molecule has 0 aliphatic heterocycles. The Morgan fingerprint density at radius 3 is 2.77 bits per heavy atom. The summed E-state index contributed by atoms with van der Waals surface area (Å²) in [6, 6.07) is 4.61. The number of phenolic OH excluding ortho intramolecular Hbond substituents is 1. The summed E-state index contributed by atoms with van der Waals surface area (Å²) in [6.07, 6.45) is 2.66. The number of rotatable bonds is 0. The highest BCUT2D eigenvalue weighted by atomic mass is 16.5. The highest BCUT2D eigenvalue weighted by molar-refractivity contribution is 5.95. The predicted molar refractivity (Wildman–Crippen MR) is 49.0 cm³/mol. The molecule has 0 radical (unpaired) electrons. The van der Waals surface area contributed by atoms with Gasteiger partial charge in [0.2, 0.25) is 0 Å². The smallest absolute Gasteiger partial charge is 0.190 e. The summed E-state index contributed by atoms with van der Waals surface area (Å²) < 4.78 is 0.651. The Hall–Kier alpha value is -1.97. The first-order chi connectivity index (χ1) is 6.18. The fourth-order valence-electron chi connectivity index (χ4n) is 1.28. The molecule has 66 valence electrons. The summed E-state index contributed by atoms with van der Waals surface area (Å²) >= 11 is 0. The van der Waals surface area contributed by atoms with Gasteiger partial charge in [-0.2, -0.15) is 4.73 Å². The Morgan fingerprint density at radius 2 is 2.00 bits per heavy atom. The van der Waals surface area contributed by atoms with Crippen LogP contribution in [-0.2, 0) is 0 Å². The predicted octanol–water partition coefficient (Wildman–Crippen LogP) is 0.761. The SMILES string of the molecule is Nc1ccc(O)c2cc[n+]([O-])cc12. The van der Waals surface area contributed by atoms with E-state index in [1.54, 1.807) is 6.07 Å². The van der Waals surface area contributed by atoms with Crippen molar-refractivity contribution in [1.82, 2.24) is 0 Å². The Bertz CT molecular complexity index is 468. The van der Waals surface area contributed by atoms with Crippen LogP contribution in [0.15, 0.2) is 30.6 Å². The zero-order chi connectivity index (χ0) is 9.42. The molecule has 0 aliphatic carbocycles. The number of nitrogens with two attached hydrogens (primary N) is 1. The number of benzene rings is 1. The van der Waals surface area contributed by atoms with Gasteiger partial charge in [-0.05, 0) is 12.1 Å². The summed E-state index contributed by atoms with van der Waals surface area (Å²) in [5.41, 5.74) is 6.11. The van der Waals surface area contributed by atoms with E-state index < -0.39 is 0 Å².